The fourth-order valence-electron chi connectivity index (χ4n) is 8.36. The highest BCUT2D eigenvalue weighted by molar-refractivity contribution is 6.12. The molecule has 9 aromatic carbocycles. The zero-order valence-corrected chi connectivity index (χ0v) is 31.5. The third kappa shape index (κ3) is 5.87. The van der Waals surface area contributed by atoms with Crippen LogP contribution in [0.25, 0.3) is 106 Å². The van der Waals surface area contributed by atoms with E-state index in [1.54, 1.807) is 0 Å². The predicted octanol–water partition coefficient (Wildman–Crippen LogP) is 14.3. The third-order valence-electron chi connectivity index (χ3n) is 11.2. The van der Waals surface area contributed by atoms with E-state index in [-0.39, 0.29) is 0 Å². The van der Waals surface area contributed by atoms with Crippen molar-refractivity contribution in [1.29, 1.82) is 0 Å². The lowest BCUT2D eigenvalue weighted by molar-refractivity contribution is 0.584. The molecule has 0 spiro atoms. The molecule has 11 rings (SSSR count). The molecule has 0 unspecified atom stereocenters. The average molecular weight is 742 g/mol. The lowest BCUT2D eigenvalue weighted by atomic mass is 9.89. The van der Waals surface area contributed by atoms with Crippen molar-refractivity contribution in [2.45, 2.75) is 0 Å². The summed E-state index contributed by atoms with van der Waals surface area (Å²) < 4.78 is 8.45. The molecule has 0 N–H and O–H groups in total. The molecule has 0 aliphatic carbocycles. The Morgan fingerprint density at radius 2 is 0.759 bits per heavy atom. The van der Waals surface area contributed by atoms with Crippen LogP contribution in [0.3, 0.4) is 0 Å². The molecule has 2 heterocycles. The zero-order chi connectivity index (χ0) is 38.4. The number of nitrogens with zero attached hydrogens (tertiary/aromatic N) is 3. The van der Waals surface area contributed by atoms with Gasteiger partial charge in [0.2, 0.25) is 11.8 Å². The Bertz CT molecular complexity index is 3270. The van der Waals surface area contributed by atoms with E-state index in [4.69, 9.17) is 4.42 Å². The first-order valence-corrected chi connectivity index (χ1v) is 19.6. The van der Waals surface area contributed by atoms with E-state index in [0.717, 1.165) is 27.9 Å². The highest BCUT2D eigenvalue weighted by Gasteiger charge is 2.18. The number of rotatable bonds is 7. The van der Waals surface area contributed by atoms with Crippen molar-refractivity contribution in [3.05, 3.63) is 212 Å². The van der Waals surface area contributed by atoms with Gasteiger partial charge in [0.1, 0.15) is 0 Å². The molecule has 0 saturated heterocycles. The Hall–Kier alpha value is -7.82. The Kier molecular flexibility index (Phi) is 8.11. The first kappa shape index (κ1) is 33.5. The van der Waals surface area contributed by atoms with E-state index in [1.165, 1.54) is 66.0 Å². The van der Waals surface area contributed by atoms with Crippen LogP contribution in [0.5, 0.6) is 0 Å². The summed E-state index contributed by atoms with van der Waals surface area (Å²) in [7, 11) is 0. The number of para-hydroxylation sites is 1. The second-order valence-electron chi connectivity index (χ2n) is 14.6. The number of aromatic nitrogens is 3. The topological polar surface area (TPSA) is 43.9 Å². The second-order valence-corrected chi connectivity index (χ2v) is 14.6. The van der Waals surface area contributed by atoms with Crippen LogP contribution in [-0.4, -0.2) is 14.8 Å². The van der Waals surface area contributed by atoms with Crippen molar-refractivity contribution < 1.29 is 4.42 Å². The van der Waals surface area contributed by atoms with Crippen molar-refractivity contribution in [1.82, 2.24) is 14.8 Å². The van der Waals surface area contributed by atoms with Crippen molar-refractivity contribution in [2.75, 3.05) is 0 Å². The van der Waals surface area contributed by atoms with Crippen LogP contribution in [0.4, 0.5) is 0 Å². The molecule has 11 aromatic rings. The molecule has 0 radical (unpaired) electrons. The fraction of sp³-hybridized carbons (Fsp3) is 0. The minimum Gasteiger partial charge on any atom is -0.416 e. The quantitative estimate of drug-likeness (QED) is 0.163. The second kappa shape index (κ2) is 14.0. The molecule has 0 fully saturated rings. The summed E-state index contributed by atoms with van der Waals surface area (Å²) >= 11 is 0. The minimum absolute atomic E-state index is 0.498. The molecule has 0 atom stereocenters. The lowest BCUT2D eigenvalue weighted by Gasteiger charge is -2.15. The van der Waals surface area contributed by atoms with E-state index in [0.29, 0.717) is 11.8 Å². The van der Waals surface area contributed by atoms with Crippen LogP contribution in [0.1, 0.15) is 0 Å². The molecule has 58 heavy (non-hydrogen) atoms. The summed E-state index contributed by atoms with van der Waals surface area (Å²) in [5, 5.41) is 13.6. The molecular weight excluding hydrogens is 707 g/mol. The Labute approximate surface area is 335 Å². The molecule has 0 saturated carbocycles. The van der Waals surface area contributed by atoms with Gasteiger partial charge in [-0.25, -0.2) is 0 Å². The van der Waals surface area contributed by atoms with Gasteiger partial charge in [-0.05, 0) is 122 Å². The predicted molar refractivity (Wildman–Crippen MR) is 239 cm³/mol. The van der Waals surface area contributed by atoms with Gasteiger partial charge >= 0.3 is 0 Å². The van der Waals surface area contributed by atoms with E-state index >= 15 is 0 Å². The maximum atomic E-state index is 6.06. The van der Waals surface area contributed by atoms with Crippen LogP contribution in [0, 0.1) is 0 Å². The number of fused-ring (bicyclic) bond motifs is 4. The highest BCUT2D eigenvalue weighted by Crippen LogP contribution is 2.42. The summed E-state index contributed by atoms with van der Waals surface area (Å²) in [5.41, 5.74) is 14.6. The lowest BCUT2D eigenvalue weighted by Crippen LogP contribution is -1.93. The summed E-state index contributed by atoms with van der Waals surface area (Å²) in [6.07, 6.45) is 0. The van der Waals surface area contributed by atoms with Gasteiger partial charge in [-0.15, -0.1) is 10.2 Å². The molecule has 0 amide bonds. The number of hydrogen-bond acceptors (Lipinski definition) is 3. The van der Waals surface area contributed by atoms with Crippen LogP contribution < -0.4 is 0 Å². The van der Waals surface area contributed by atoms with E-state index in [2.05, 4.69) is 197 Å². The minimum atomic E-state index is 0.498. The number of hydrogen-bond donors (Lipinski definition) is 0. The summed E-state index contributed by atoms with van der Waals surface area (Å²) in [5.74, 6) is 1.01. The highest BCUT2D eigenvalue weighted by atomic mass is 16.4. The molecule has 4 nitrogen and oxygen atoms in total. The van der Waals surface area contributed by atoms with Crippen LogP contribution in [-0.2, 0) is 0 Å². The van der Waals surface area contributed by atoms with E-state index in [1.807, 2.05) is 30.3 Å². The van der Waals surface area contributed by atoms with Crippen LogP contribution >= 0.6 is 0 Å². The Balaban J connectivity index is 1.01. The number of benzene rings is 9. The van der Waals surface area contributed by atoms with Crippen LogP contribution in [0.2, 0.25) is 0 Å². The van der Waals surface area contributed by atoms with Crippen molar-refractivity contribution >= 4 is 32.6 Å². The molecule has 0 aliphatic rings. The Morgan fingerprint density at radius 1 is 0.310 bits per heavy atom. The van der Waals surface area contributed by atoms with Crippen molar-refractivity contribution in [3.63, 3.8) is 0 Å². The molecule has 0 aliphatic heterocycles. The van der Waals surface area contributed by atoms with Gasteiger partial charge in [0.25, 0.3) is 0 Å². The van der Waals surface area contributed by atoms with Crippen molar-refractivity contribution in [3.8, 4) is 73.1 Å². The molecule has 0 bridgehead atoms. The molecule has 2 aromatic heterocycles. The average Bonchev–Trinajstić information content (AvgIpc) is 3.93. The van der Waals surface area contributed by atoms with Gasteiger partial charge in [-0.1, -0.05) is 146 Å². The summed E-state index contributed by atoms with van der Waals surface area (Å²) in [6.45, 7) is 0. The van der Waals surface area contributed by atoms with E-state index < -0.39 is 0 Å². The van der Waals surface area contributed by atoms with Gasteiger partial charge in [0.05, 0.1) is 11.0 Å². The molecule has 272 valence electrons. The molecule has 4 heteroatoms. The maximum Gasteiger partial charge on any atom is 0.248 e. The normalized spacial score (nSPS) is 11.4. The third-order valence-corrected chi connectivity index (χ3v) is 11.2. The molecular formula is C54H35N3O. The largest absolute Gasteiger partial charge is 0.416 e. The monoisotopic (exact) mass is 741 g/mol. The first-order valence-electron chi connectivity index (χ1n) is 19.6. The van der Waals surface area contributed by atoms with Gasteiger partial charge in [0, 0.05) is 27.6 Å². The maximum absolute atomic E-state index is 6.06. The SMILES string of the molecule is c1ccc(-c2nnc(-c3ccc(-c4ccccc4-c4ccccc4-c4ccc5c(c4)c4cc(-c6ccc7ccccc7c6)ccc4n5-c4ccccc4)cc3)o2)cc1. The van der Waals surface area contributed by atoms with Gasteiger partial charge in [-0.3, -0.25) is 0 Å². The first-order chi connectivity index (χ1) is 28.7. The Morgan fingerprint density at radius 3 is 1.43 bits per heavy atom. The summed E-state index contributed by atoms with van der Waals surface area (Å²) in [6, 6.07) is 75.5. The zero-order valence-electron chi connectivity index (χ0n) is 31.5. The fourth-order valence-corrected chi connectivity index (χ4v) is 8.36. The van der Waals surface area contributed by atoms with Crippen LogP contribution in [0.15, 0.2) is 217 Å². The smallest absolute Gasteiger partial charge is 0.248 e. The summed E-state index contributed by atoms with van der Waals surface area (Å²) in [4.78, 5) is 0. The van der Waals surface area contributed by atoms with Gasteiger partial charge < -0.3 is 8.98 Å². The van der Waals surface area contributed by atoms with Crippen molar-refractivity contribution in [2.24, 2.45) is 0 Å². The standard InChI is InChI=1S/C54H35N3O/c1-3-14-38(15-4-1)53-55-56-54(58-53)39-26-24-37(25-27-39)45-19-9-11-21-47(45)48-22-12-10-20-46(48)43-30-32-52-50(35-43)49-34-42(41-28-23-36-13-7-8-16-40(36)33-41)29-31-51(49)57(52)44-17-5-2-6-18-44/h1-35H. The van der Waals surface area contributed by atoms with E-state index in [9.17, 15) is 0 Å². The van der Waals surface area contributed by atoms with Gasteiger partial charge in [0.15, 0.2) is 0 Å². The van der Waals surface area contributed by atoms with Gasteiger partial charge in [-0.2, -0.15) is 0 Å².